The minimum atomic E-state index is -1.82. The number of hydrogen-bond donors (Lipinski definition) is 13. The number of rotatable bonds is 11. The zero-order valence-corrected chi connectivity index (χ0v) is 44.2. The maximum Gasteiger partial charge on any atom is 0.315 e. The van der Waals surface area contributed by atoms with E-state index < -0.39 is 153 Å². The Bertz CT molecular complexity index is 2040. The van der Waals surface area contributed by atoms with Crippen LogP contribution in [-0.4, -0.2) is 222 Å². The van der Waals surface area contributed by atoms with Crippen LogP contribution in [0.3, 0.4) is 0 Å². The van der Waals surface area contributed by atoms with Crippen LogP contribution in [0.2, 0.25) is 0 Å². The minimum Gasteiger partial charge on any atom is -0.432 e. The molecule has 0 spiro atoms. The van der Waals surface area contributed by atoms with Crippen molar-refractivity contribution in [3.8, 4) is 0 Å². The normalized spacial score (nSPS) is 54.8. The second kappa shape index (κ2) is 21.4. The number of carbonyl (C=O) groups excluding carboxylic acids is 1. The van der Waals surface area contributed by atoms with E-state index in [4.69, 9.17) is 37.9 Å². The third-order valence-electron chi connectivity index (χ3n) is 21.4. The lowest BCUT2D eigenvalue weighted by atomic mass is 9.33. The van der Waals surface area contributed by atoms with Gasteiger partial charge in [-0.15, -0.1) is 0 Å². The zero-order chi connectivity index (χ0) is 54.6. The van der Waals surface area contributed by atoms with E-state index in [0.717, 1.165) is 32.1 Å². The molecule has 9 rings (SSSR count). The van der Waals surface area contributed by atoms with Crippen molar-refractivity contribution in [2.75, 3.05) is 26.4 Å². The summed E-state index contributed by atoms with van der Waals surface area (Å²) >= 11 is 0. The number of esters is 1. The Morgan fingerprint density at radius 3 is 1.84 bits per heavy atom. The molecular weight excluding hydrogens is 989 g/mol. The number of hydrogen-bond acceptors (Lipinski definition) is 22. The lowest BCUT2D eigenvalue weighted by Crippen LogP contribution is -2.66. The van der Waals surface area contributed by atoms with Gasteiger partial charge in [0.2, 0.25) is 6.29 Å². The van der Waals surface area contributed by atoms with Crippen LogP contribution in [0, 0.1) is 56.7 Å². The van der Waals surface area contributed by atoms with Crippen LogP contribution in [0.4, 0.5) is 0 Å². The second-order valence-corrected chi connectivity index (χ2v) is 25.3. The molecule has 430 valence electrons. The first-order chi connectivity index (χ1) is 35.2. The van der Waals surface area contributed by atoms with Crippen molar-refractivity contribution < 1.29 is 109 Å². The van der Waals surface area contributed by atoms with Gasteiger partial charge < -0.3 is 104 Å². The minimum absolute atomic E-state index is 0.0701. The van der Waals surface area contributed by atoms with Crippen LogP contribution < -0.4 is 0 Å². The highest BCUT2D eigenvalue weighted by atomic mass is 16.8. The molecule has 0 radical (unpaired) electrons. The fourth-order valence-electron chi connectivity index (χ4n) is 16.4. The molecule has 5 aliphatic carbocycles. The van der Waals surface area contributed by atoms with Crippen LogP contribution in [0.5, 0.6) is 0 Å². The van der Waals surface area contributed by atoms with Gasteiger partial charge in [0.25, 0.3) is 0 Å². The summed E-state index contributed by atoms with van der Waals surface area (Å²) in [5.41, 5.74) is -0.823. The van der Waals surface area contributed by atoms with Crippen molar-refractivity contribution in [1.82, 2.24) is 0 Å². The van der Waals surface area contributed by atoms with Crippen LogP contribution in [0.15, 0.2) is 11.6 Å². The van der Waals surface area contributed by atoms with Crippen molar-refractivity contribution >= 4 is 5.97 Å². The van der Waals surface area contributed by atoms with Gasteiger partial charge in [0.1, 0.15) is 91.6 Å². The molecule has 75 heavy (non-hydrogen) atoms. The van der Waals surface area contributed by atoms with Gasteiger partial charge in [-0.25, -0.2) is 0 Å². The summed E-state index contributed by atoms with van der Waals surface area (Å²) in [4.78, 5) is 15.1. The Balaban J connectivity index is 0.905. The molecule has 4 saturated carbocycles. The van der Waals surface area contributed by atoms with E-state index >= 15 is 4.79 Å². The average molecular weight is 1080 g/mol. The molecule has 0 amide bonds. The van der Waals surface area contributed by atoms with Gasteiger partial charge in [0.05, 0.1) is 37.9 Å². The summed E-state index contributed by atoms with van der Waals surface area (Å²) in [6.07, 6.45) is -21.2. The van der Waals surface area contributed by atoms with Gasteiger partial charge in [0, 0.05) is 0 Å². The predicted molar refractivity (Wildman–Crippen MR) is 257 cm³/mol. The van der Waals surface area contributed by atoms with Gasteiger partial charge in [-0.1, -0.05) is 60.1 Å². The maximum absolute atomic E-state index is 15.1. The van der Waals surface area contributed by atoms with Crippen molar-refractivity contribution in [2.45, 2.75) is 229 Å². The number of aliphatic hydroxyl groups excluding tert-OH is 13. The van der Waals surface area contributed by atoms with Gasteiger partial charge >= 0.3 is 5.97 Å². The average Bonchev–Trinajstić information content (AvgIpc) is 3.44. The van der Waals surface area contributed by atoms with Gasteiger partial charge in [-0.2, -0.15) is 0 Å². The molecular formula is C53H86O22. The van der Waals surface area contributed by atoms with Crippen molar-refractivity contribution in [3.63, 3.8) is 0 Å². The van der Waals surface area contributed by atoms with E-state index in [-0.39, 0.29) is 58.5 Å². The number of ether oxygens (including phenoxy) is 8. The molecule has 13 N–H and O–H groups in total. The van der Waals surface area contributed by atoms with E-state index in [9.17, 15) is 66.4 Å². The lowest BCUT2D eigenvalue weighted by Gasteiger charge is -2.71. The van der Waals surface area contributed by atoms with E-state index in [1.54, 1.807) is 0 Å². The maximum atomic E-state index is 15.1. The molecule has 2 unspecified atom stereocenters. The molecule has 22 nitrogen and oxygen atoms in total. The van der Waals surface area contributed by atoms with Gasteiger partial charge in [0.15, 0.2) is 18.9 Å². The van der Waals surface area contributed by atoms with Crippen LogP contribution in [0.1, 0.15) is 106 Å². The molecule has 29 atom stereocenters. The Kier molecular flexibility index (Phi) is 16.6. The summed E-state index contributed by atoms with van der Waals surface area (Å²) in [7, 11) is 0. The molecule has 9 aliphatic rings. The number of fused-ring (bicyclic) bond motifs is 7. The lowest BCUT2D eigenvalue weighted by molar-refractivity contribution is -0.357. The molecule has 0 aromatic heterocycles. The quantitative estimate of drug-likeness (QED) is 0.0633. The summed E-state index contributed by atoms with van der Waals surface area (Å²) < 4.78 is 47.2. The number of aliphatic hydroxyl groups is 13. The van der Waals surface area contributed by atoms with Crippen LogP contribution >= 0.6 is 0 Å². The predicted octanol–water partition coefficient (Wildman–Crippen LogP) is -1.54. The Hall–Kier alpha value is -1.59. The topological polar surface area (TPSA) is 354 Å². The molecule has 22 heteroatoms. The van der Waals surface area contributed by atoms with Crippen molar-refractivity contribution in [1.29, 1.82) is 0 Å². The van der Waals surface area contributed by atoms with Gasteiger partial charge in [-0.3, -0.25) is 4.79 Å². The van der Waals surface area contributed by atoms with E-state index in [1.807, 2.05) is 0 Å². The first-order valence-electron chi connectivity index (χ1n) is 27.3. The van der Waals surface area contributed by atoms with E-state index in [2.05, 4.69) is 54.5 Å². The van der Waals surface area contributed by atoms with E-state index in [0.29, 0.717) is 25.7 Å². The molecule has 0 bridgehead atoms. The summed E-state index contributed by atoms with van der Waals surface area (Å²) in [5, 5.41) is 137. The summed E-state index contributed by atoms with van der Waals surface area (Å²) in [5.74, 6) is -0.00547. The summed E-state index contributed by atoms with van der Waals surface area (Å²) in [6, 6.07) is 0. The fourth-order valence-corrected chi connectivity index (χ4v) is 16.4. The highest BCUT2D eigenvalue weighted by Gasteiger charge is 2.70. The Labute approximate surface area is 437 Å². The zero-order valence-electron chi connectivity index (χ0n) is 44.2. The highest BCUT2D eigenvalue weighted by molar-refractivity contribution is 5.79. The SMILES string of the molecule is C[C@H]1[C@H](C)CC[C@]2(C(=O)O[C@@H]3O[C@H](CO[C@@H]4O[C@H](CO)[C@@H](O)[C@H](O)[C@H]4O)[C@@H](O)[C@H](O)[C@H]3O)CC[C@]3(C)C(=CCC4[C@@]5(C)CC[C@H](O[C@@H]6OC[C@H](O)[C@H](O[C@@H]7O[C@H](CO)[C@@H](O)[C@H](O)[C@H]7O)[C@H]6O)C(C)(C)C5CC[C@]43C)[C@H]12. The standard InChI is InChI=1S/C53H86O22/c1-22-10-15-53(48(67)75-47-41(65)38(62)35(59)28(72-47)21-69-44-39(63)36(60)33(57)26(18-54)70-44)17-16-51(6)24(32(53)23(22)2)8-9-30-50(5)13-12-31(49(3,4)29(50)11-14-52(30,51)7)73-45-42(66)43(25(56)20-68-45)74-46-40(64)37(61)34(58)27(19-55)71-46/h8,22-23,25-47,54-66H,9-21H2,1-7H3/t22-,23+,25+,26-,27-,28-,29?,30?,31+,32+,33-,34-,35-,36+,37+,38+,39-,40-,41-,42-,43+,44-,45+,46+,47+,50+,51-,52-,53+/m1/s1. The largest absolute Gasteiger partial charge is 0.432 e. The fraction of sp³-hybridized carbons (Fsp3) is 0.943. The van der Waals surface area contributed by atoms with Crippen molar-refractivity contribution in [2.24, 2.45) is 56.7 Å². The van der Waals surface area contributed by atoms with Crippen molar-refractivity contribution in [3.05, 3.63) is 11.6 Å². The molecule has 0 aromatic rings. The van der Waals surface area contributed by atoms with Crippen LogP contribution in [0.25, 0.3) is 0 Å². The number of allylic oxidation sites excluding steroid dienone is 2. The molecule has 4 saturated heterocycles. The van der Waals surface area contributed by atoms with E-state index in [1.165, 1.54) is 5.57 Å². The second-order valence-electron chi connectivity index (χ2n) is 25.3. The molecule has 8 fully saturated rings. The highest BCUT2D eigenvalue weighted by Crippen LogP contribution is 2.76. The Morgan fingerprint density at radius 2 is 1.20 bits per heavy atom. The Morgan fingerprint density at radius 1 is 0.613 bits per heavy atom. The summed E-state index contributed by atoms with van der Waals surface area (Å²) in [6.45, 7) is 13.9. The third kappa shape index (κ3) is 9.40. The smallest absolute Gasteiger partial charge is 0.315 e. The van der Waals surface area contributed by atoms with Gasteiger partial charge in [-0.05, 0) is 109 Å². The first-order valence-corrected chi connectivity index (χ1v) is 27.3. The monoisotopic (exact) mass is 1070 g/mol. The molecule has 4 heterocycles. The molecule has 4 aliphatic heterocycles. The number of carbonyl (C=O) groups is 1. The third-order valence-corrected chi connectivity index (χ3v) is 21.4. The first kappa shape index (κ1) is 58.1. The van der Waals surface area contributed by atoms with Crippen LogP contribution in [-0.2, 0) is 42.7 Å². The molecule has 0 aromatic carbocycles.